The van der Waals surface area contributed by atoms with Crippen LogP contribution in [0.3, 0.4) is 0 Å². The molecule has 2 saturated heterocycles. The molecule has 1 amide bonds. The van der Waals surface area contributed by atoms with Crippen LogP contribution in [0.2, 0.25) is 0 Å². The van der Waals surface area contributed by atoms with E-state index in [0.29, 0.717) is 31.7 Å². The van der Waals surface area contributed by atoms with Crippen molar-refractivity contribution >= 4 is 11.9 Å². The van der Waals surface area contributed by atoms with Crippen LogP contribution in [-0.4, -0.2) is 48.8 Å². The Balaban J connectivity index is 1.57. The van der Waals surface area contributed by atoms with Gasteiger partial charge >= 0.3 is 5.97 Å². The Labute approximate surface area is 112 Å². The molecule has 3 atom stereocenters. The number of aliphatic carboxylic acids is 1. The summed E-state index contributed by atoms with van der Waals surface area (Å²) in [5, 5.41) is 14.9. The summed E-state index contributed by atoms with van der Waals surface area (Å²) in [4.78, 5) is 22.4. The average Bonchev–Trinajstić information content (AvgIpc) is 3.05. The van der Waals surface area contributed by atoms with E-state index in [2.05, 4.69) is 10.6 Å². The second-order valence-corrected chi connectivity index (χ2v) is 5.36. The van der Waals surface area contributed by atoms with Crippen molar-refractivity contribution in [3.05, 3.63) is 0 Å². The molecule has 0 aliphatic carbocycles. The molecule has 2 rings (SSSR count). The molecule has 0 saturated carbocycles. The van der Waals surface area contributed by atoms with Crippen LogP contribution in [0, 0.1) is 5.92 Å². The first-order valence-corrected chi connectivity index (χ1v) is 7.01. The number of carboxylic acids is 1. The zero-order valence-corrected chi connectivity index (χ0v) is 11.1. The van der Waals surface area contributed by atoms with Gasteiger partial charge in [-0.15, -0.1) is 0 Å². The quantitative estimate of drug-likeness (QED) is 0.638. The average molecular weight is 270 g/mol. The number of carbonyl (C=O) groups excluding carboxylic acids is 1. The number of carboxylic acid groups (broad SMARTS) is 1. The van der Waals surface area contributed by atoms with E-state index in [9.17, 15) is 9.59 Å². The molecule has 0 radical (unpaired) electrons. The van der Waals surface area contributed by atoms with E-state index >= 15 is 0 Å². The minimum absolute atomic E-state index is 0.0364. The van der Waals surface area contributed by atoms with E-state index in [4.69, 9.17) is 9.84 Å². The first kappa shape index (κ1) is 14.3. The minimum atomic E-state index is -0.914. The lowest BCUT2D eigenvalue weighted by Gasteiger charge is -2.13. The third-order valence-electron chi connectivity index (χ3n) is 3.85. The first-order valence-electron chi connectivity index (χ1n) is 7.01. The van der Waals surface area contributed by atoms with E-state index in [1.165, 1.54) is 0 Å². The van der Waals surface area contributed by atoms with Crippen LogP contribution in [0.15, 0.2) is 0 Å². The molecule has 0 spiro atoms. The fourth-order valence-corrected chi connectivity index (χ4v) is 2.65. The Kier molecular flexibility index (Phi) is 5.15. The van der Waals surface area contributed by atoms with E-state index in [-0.39, 0.29) is 12.0 Å². The van der Waals surface area contributed by atoms with Gasteiger partial charge < -0.3 is 20.5 Å². The molecule has 19 heavy (non-hydrogen) atoms. The van der Waals surface area contributed by atoms with Gasteiger partial charge in [-0.05, 0) is 44.7 Å². The van der Waals surface area contributed by atoms with Crippen molar-refractivity contribution in [2.45, 2.75) is 44.3 Å². The highest BCUT2D eigenvalue weighted by molar-refractivity contribution is 5.76. The van der Waals surface area contributed by atoms with Gasteiger partial charge in [-0.3, -0.25) is 4.79 Å². The Hall–Kier alpha value is -1.14. The van der Waals surface area contributed by atoms with Gasteiger partial charge in [0, 0.05) is 13.0 Å². The number of hydrogen-bond acceptors (Lipinski definition) is 4. The molecule has 0 aromatic carbocycles. The van der Waals surface area contributed by atoms with Gasteiger partial charge in [-0.25, -0.2) is 4.79 Å². The molecule has 3 unspecified atom stereocenters. The van der Waals surface area contributed by atoms with E-state index in [1.807, 2.05) is 0 Å². The molecule has 108 valence electrons. The summed E-state index contributed by atoms with van der Waals surface area (Å²) in [6.07, 6.45) is 2.99. The van der Waals surface area contributed by atoms with Crippen LogP contribution in [0.25, 0.3) is 0 Å². The predicted molar refractivity (Wildman–Crippen MR) is 68.8 cm³/mol. The second-order valence-electron chi connectivity index (χ2n) is 5.36. The van der Waals surface area contributed by atoms with Crippen LogP contribution in [0.5, 0.6) is 0 Å². The topological polar surface area (TPSA) is 87.7 Å². The molecule has 6 heteroatoms. The highest BCUT2D eigenvalue weighted by Crippen LogP contribution is 2.19. The number of ether oxygens (including phenoxy) is 1. The molecule has 2 aliphatic rings. The summed E-state index contributed by atoms with van der Waals surface area (Å²) in [7, 11) is 0. The standard InChI is InChI=1S/C13H22N2O4/c16-12(4-1-9-5-6-14-7-9)15-8-10-2-3-11(19-10)13(17)18/h9-11,14H,1-8H2,(H,15,16)(H,17,18). The predicted octanol–water partition coefficient (Wildman–Crippen LogP) is 0.125. The smallest absolute Gasteiger partial charge is 0.332 e. The van der Waals surface area contributed by atoms with Gasteiger partial charge in [0.1, 0.15) is 0 Å². The molecule has 0 bridgehead atoms. The Morgan fingerprint density at radius 3 is 2.79 bits per heavy atom. The summed E-state index contributed by atoms with van der Waals surface area (Å²) in [6, 6.07) is 0. The number of nitrogens with one attached hydrogen (secondary N) is 2. The molecule has 2 aliphatic heterocycles. The van der Waals surface area contributed by atoms with Gasteiger partial charge in [0.05, 0.1) is 6.10 Å². The van der Waals surface area contributed by atoms with Crippen molar-refractivity contribution in [2.75, 3.05) is 19.6 Å². The number of carbonyl (C=O) groups is 2. The Bertz CT molecular complexity index is 329. The van der Waals surface area contributed by atoms with Crippen molar-refractivity contribution in [2.24, 2.45) is 5.92 Å². The van der Waals surface area contributed by atoms with Crippen molar-refractivity contribution in [3.8, 4) is 0 Å². The van der Waals surface area contributed by atoms with E-state index in [0.717, 1.165) is 25.9 Å². The summed E-state index contributed by atoms with van der Waals surface area (Å²) in [6.45, 7) is 2.49. The molecule has 6 nitrogen and oxygen atoms in total. The van der Waals surface area contributed by atoms with Crippen LogP contribution < -0.4 is 10.6 Å². The maximum Gasteiger partial charge on any atom is 0.332 e. The lowest BCUT2D eigenvalue weighted by Crippen LogP contribution is -2.33. The third-order valence-corrected chi connectivity index (χ3v) is 3.85. The van der Waals surface area contributed by atoms with Gasteiger partial charge in [0.25, 0.3) is 0 Å². The summed E-state index contributed by atoms with van der Waals surface area (Å²) < 4.78 is 5.33. The number of hydrogen-bond donors (Lipinski definition) is 3. The molecular weight excluding hydrogens is 248 g/mol. The van der Waals surface area contributed by atoms with Crippen LogP contribution in [0.1, 0.15) is 32.1 Å². The van der Waals surface area contributed by atoms with Crippen LogP contribution in [-0.2, 0) is 14.3 Å². The van der Waals surface area contributed by atoms with Crippen LogP contribution >= 0.6 is 0 Å². The fraction of sp³-hybridized carbons (Fsp3) is 0.846. The fourth-order valence-electron chi connectivity index (χ4n) is 2.65. The van der Waals surface area contributed by atoms with Gasteiger partial charge in [-0.2, -0.15) is 0 Å². The van der Waals surface area contributed by atoms with Crippen molar-refractivity contribution in [3.63, 3.8) is 0 Å². The zero-order valence-electron chi connectivity index (χ0n) is 11.1. The van der Waals surface area contributed by atoms with Gasteiger partial charge in [-0.1, -0.05) is 0 Å². The van der Waals surface area contributed by atoms with Crippen molar-refractivity contribution in [1.29, 1.82) is 0 Å². The Morgan fingerprint density at radius 1 is 1.32 bits per heavy atom. The summed E-state index contributed by atoms with van der Waals surface area (Å²) in [5.41, 5.74) is 0. The summed E-state index contributed by atoms with van der Waals surface area (Å²) >= 11 is 0. The van der Waals surface area contributed by atoms with E-state index in [1.54, 1.807) is 0 Å². The molecule has 3 N–H and O–H groups in total. The van der Waals surface area contributed by atoms with Crippen molar-refractivity contribution in [1.82, 2.24) is 10.6 Å². The molecule has 2 heterocycles. The Morgan fingerprint density at radius 2 is 2.16 bits per heavy atom. The number of rotatable bonds is 6. The normalized spacial score (nSPS) is 30.4. The number of amides is 1. The minimum Gasteiger partial charge on any atom is -0.479 e. The lowest BCUT2D eigenvalue weighted by atomic mass is 10.0. The molecule has 2 fully saturated rings. The zero-order chi connectivity index (χ0) is 13.7. The highest BCUT2D eigenvalue weighted by Gasteiger charge is 2.30. The maximum atomic E-state index is 11.7. The second kappa shape index (κ2) is 6.86. The van der Waals surface area contributed by atoms with E-state index < -0.39 is 12.1 Å². The van der Waals surface area contributed by atoms with Gasteiger partial charge in [0.2, 0.25) is 5.91 Å². The largest absolute Gasteiger partial charge is 0.479 e. The molecular formula is C13H22N2O4. The SMILES string of the molecule is O=C(CCC1CCNC1)NCC1CCC(C(=O)O)O1. The van der Waals surface area contributed by atoms with Crippen LogP contribution in [0.4, 0.5) is 0 Å². The van der Waals surface area contributed by atoms with Gasteiger partial charge in [0.15, 0.2) is 6.10 Å². The monoisotopic (exact) mass is 270 g/mol. The van der Waals surface area contributed by atoms with Crippen molar-refractivity contribution < 1.29 is 19.4 Å². The maximum absolute atomic E-state index is 11.7. The lowest BCUT2D eigenvalue weighted by molar-refractivity contribution is -0.149. The molecule has 0 aromatic heterocycles. The third kappa shape index (κ3) is 4.47. The first-order chi connectivity index (χ1) is 9.15. The summed E-state index contributed by atoms with van der Waals surface area (Å²) in [5.74, 6) is -0.262. The molecule has 0 aromatic rings. The highest BCUT2D eigenvalue weighted by atomic mass is 16.5.